The van der Waals surface area contributed by atoms with E-state index in [-0.39, 0.29) is 11.8 Å². The summed E-state index contributed by atoms with van der Waals surface area (Å²) < 4.78 is 0. The summed E-state index contributed by atoms with van der Waals surface area (Å²) in [6.45, 7) is 2.55. The summed E-state index contributed by atoms with van der Waals surface area (Å²) in [5.41, 5.74) is 0.507. The third-order valence-electron chi connectivity index (χ3n) is 1.95. The average molecular weight is 233 g/mol. The van der Waals surface area contributed by atoms with E-state index in [0.29, 0.717) is 18.7 Å². The molecule has 1 heterocycles. The van der Waals surface area contributed by atoms with Crippen LogP contribution in [0.3, 0.4) is 0 Å². The van der Waals surface area contributed by atoms with Gasteiger partial charge in [0, 0.05) is 25.5 Å². The van der Waals surface area contributed by atoms with Crippen LogP contribution in [0.25, 0.3) is 0 Å². The Morgan fingerprint density at radius 2 is 2.12 bits per heavy atom. The number of nitrogens with zero attached hydrogens (tertiary/aromatic N) is 1. The molecule has 0 aromatic carbocycles. The number of pyridine rings is 1. The van der Waals surface area contributed by atoms with Gasteiger partial charge in [0.1, 0.15) is 0 Å². The Labute approximate surface area is 99.9 Å². The normalized spacial score (nSPS) is 10.2. The summed E-state index contributed by atoms with van der Waals surface area (Å²) in [4.78, 5) is 26.4. The Kier molecular flexibility index (Phi) is 5.43. The van der Waals surface area contributed by atoms with Crippen LogP contribution in [0.1, 0.15) is 17.3 Å². The topological polar surface area (TPSA) is 71.1 Å². The summed E-state index contributed by atoms with van der Waals surface area (Å²) in [6, 6.07) is 3.38. The van der Waals surface area contributed by atoms with Crippen LogP contribution in [-0.4, -0.2) is 29.9 Å². The molecule has 0 radical (unpaired) electrons. The first kappa shape index (κ1) is 12.9. The number of amides is 2. The van der Waals surface area contributed by atoms with Gasteiger partial charge in [0.25, 0.3) is 5.91 Å². The lowest BCUT2D eigenvalue weighted by atomic mass is 10.3. The van der Waals surface area contributed by atoms with Gasteiger partial charge in [0.2, 0.25) is 5.91 Å². The first-order chi connectivity index (χ1) is 8.24. The van der Waals surface area contributed by atoms with E-state index in [2.05, 4.69) is 15.6 Å². The summed E-state index contributed by atoms with van der Waals surface area (Å²) in [7, 11) is 0. The molecule has 0 atom stereocenters. The Morgan fingerprint density at radius 1 is 1.35 bits per heavy atom. The number of nitrogens with one attached hydrogen (secondary N) is 2. The van der Waals surface area contributed by atoms with Crippen molar-refractivity contribution < 1.29 is 9.59 Å². The third-order valence-corrected chi connectivity index (χ3v) is 1.95. The van der Waals surface area contributed by atoms with E-state index < -0.39 is 0 Å². The van der Waals surface area contributed by atoms with Crippen LogP contribution in [0.2, 0.25) is 0 Å². The Balaban J connectivity index is 2.24. The maximum Gasteiger partial charge on any atom is 0.252 e. The minimum absolute atomic E-state index is 0.164. The second-order valence-corrected chi connectivity index (χ2v) is 3.29. The molecule has 5 nitrogen and oxygen atoms in total. The fraction of sp³-hybridized carbons (Fsp3) is 0.250. The molecule has 1 rings (SSSR count). The highest BCUT2D eigenvalue weighted by Crippen LogP contribution is 1.93. The van der Waals surface area contributed by atoms with Crippen LogP contribution in [0, 0.1) is 0 Å². The van der Waals surface area contributed by atoms with Crippen molar-refractivity contribution in [1.29, 1.82) is 0 Å². The molecule has 90 valence electrons. The molecule has 2 amide bonds. The maximum absolute atomic E-state index is 11.5. The van der Waals surface area contributed by atoms with Crippen LogP contribution >= 0.6 is 0 Å². The van der Waals surface area contributed by atoms with Gasteiger partial charge in [-0.25, -0.2) is 0 Å². The molecule has 0 unspecified atom stereocenters. The largest absolute Gasteiger partial charge is 0.351 e. The standard InChI is InChI=1S/C12H15N3O2/c1-2-4-11(16)14-7-8-15-12(17)10-5-3-6-13-9-10/h2-6,9H,7-8H2,1H3,(H,14,16)(H,15,17)/b4-2+. The van der Waals surface area contributed by atoms with Gasteiger partial charge in [-0.3, -0.25) is 14.6 Å². The van der Waals surface area contributed by atoms with Gasteiger partial charge in [-0.2, -0.15) is 0 Å². The number of carbonyl (C=O) groups is 2. The molecule has 1 aromatic heterocycles. The molecule has 1 aromatic rings. The molecule has 0 saturated heterocycles. The first-order valence-electron chi connectivity index (χ1n) is 5.33. The van der Waals surface area contributed by atoms with Crippen molar-refractivity contribution in [2.75, 3.05) is 13.1 Å². The van der Waals surface area contributed by atoms with Gasteiger partial charge in [-0.1, -0.05) is 6.08 Å². The fourth-order valence-electron chi connectivity index (χ4n) is 1.17. The van der Waals surface area contributed by atoms with Crippen LogP contribution in [-0.2, 0) is 4.79 Å². The molecular weight excluding hydrogens is 218 g/mol. The first-order valence-corrected chi connectivity index (χ1v) is 5.33. The van der Waals surface area contributed by atoms with E-state index in [9.17, 15) is 9.59 Å². The zero-order valence-electron chi connectivity index (χ0n) is 9.64. The molecule has 0 aliphatic heterocycles. The number of carbonyl (C=O) groups excluding carboxylic acids is 2. The molecule has 0 fully saturated rings. The summed E-state index contributed by atoms with van der Waals surface area (Å²) in [5, 5.41) is 5.31. The third kappa shape index (κ3) is 4.92. The molecule has 17 heavy (non-hydrogen) atoms. The lowest BCUT2D eigenvalue weighted by Gasteiger charge is -2.05. The van der Waals surface area contributed by atoms with E-state index in [1.165, 1.54) is 12.3 Å². The van der Waals surface area contributed by atoms with E-state index >= 15 is 0 Å². The van der Waals surface area contributed by atoms with Gasteiger partial charge >= 0.3 is 0 Å². The lowest BCUT2D eigenvalue weighted by Crippen LogP contribution is -2.34. The Morgan fingerprint density at radius 3 is 2.76 bits per heavy atom. The van der Waals surface area contributed by atoms with Crippen LogP contribution in [0.15, 0.2) is 36.7 Å². The number of aromatic nitrogens is 1. The van der Waals surface area contributed by atoms with E-state index in [4.69, 9.17) is 0 Å². The SMILES string of the molecule is C/C=C/C(=O)NCCNC(=O)c1cccnc1. The average Bonchev–Trinajstić information content (AvgIpc) is 2.36. The molecule has 0 aliphatic carbocycles. The molecular formula is C12H15N3O2. The van der Waals surface area contributed by atoms with Gasteiger partial charge in [0.05, 0.1) is 5.56 Å². The second kappa shape index (κ2) is 7.16. The minimum Gasteiger partial charge on any atom is -0.351 e. The van der Waals surface area contributed by atoms with E-state index in [0.717, 1.165) is 0 Å². The summed E-state index contributed by atoms with van der Waals surface area (Å²) in [6.07, 6.45) is 6.19. The van der Waals surface area contributed by atoms with Crippen LogP contribution in [0.5, 0.6) is 0 Å². The summed E-state index contributed by atoms with van der Waals surface area (Å²) in [5.74, 6) is -0.360. The summed E-state index contributed by atoms with van der Waals surface area (Å²) >= 11 is 0. The Bertz CT molecular complexity index is 401. The van der Waals surface area contributed by atoms with Crippen LogP contribution in [0.4, 0.5) is 0 Å². The quantitative estimate of drug-likeness (QED) is 0.575. The van der Waals surface area contributed by atoms with E-state index in [1.807, 2.05) is 0 Å². The van der Waals surface area contributed by atoms with Gasteiger partial charge in [0.15, 0.2) is 0 Å². The van der Waals surface area contributed by atoms with Crippen LogP contribution < -0.4 is 10.6 Å². The molecule has 0 aliphatic rings. The molecule has 2 N–H and O–H groups in total. The van der Waals surface area contributed by atoms with Gasteiger partial charge in [-0.15, -0.1) is 0 Å². The van der Waals surface area contributed by atoms with Crippen molar-refractivity contribution in [1.82, 2.24) is 15.6 Å². The van der Waals surface area contributed by atoms with Crippen molar-refractivity contribution in [3.63, 3.8) is 0 Å². The predicted octanol–water partition coefficient (Wildman–Crippen LogP) is 0.504. The van der Waals surface area contributed by atoms with Crippen molar-refractivity contribution in [3.8, 4) is 0 Å². The highest BCUT2D eigenvalue weighted by molar-refractivity contribution is 5.93. The van der Waals surface area contributed by atoms with Crippen molar-refractivity contribution in [2.45, 2.75) is 6.92 Å². The van der Waals surface area contributed by atoms with Crippen molar-refractivity contribution >= 4 is 11.8 Å². The number of hydrogen-bond donors (Lipinski definition) is 2. The second-order valence-electron chi connectivity index (χ2n) is 3.29. The molecule has 0 bridgehead atoms. The van der Waals surface area contributed by atoms with E-state index in [1.54, 1.807) is 31.3 Å². The highest BCUT2D eigenvalue weighted by Gasteiger charge is 2.03. The lowest BCUT2D eigenvalue weighted by molar-refractivity contribution is -0.116. The zero-order chi connectivity index (χ0) is 12.5. The van der Waals surface area contributed by atoms with Gasteiger partial charge in [-0.05, 0) is 25.1 Å². The minimum atomic E-state index is -0.196. The monoisotopic (exact) mass is 233 g/mol. The van der Waals surface area contributed by atoms with Gasteiger partial charge < -0.3 is 10.6 Å². The Hall–Kier alpha value is -2.17. The zero-order valence-corrected chi connectivity index (χ0v) is 9.64. The van der Waals surface area contributed by atoms with Crippen molar-refractivity contribution in [2.24, 2.45) is 0 Å². The fourth-order valence-corrected chi connectivity index (χ4v) is 1.17. The predicted molar refractivity (Wildman–Crippen MR) is 64.4 cm³/mol. The number of allylic oxidation sites excluding steroid dienone is 1. The number of rotatable bonds is 5. The highest BCUT2D eigenvalue weighted by atomic mass is 16.2. The molecule has 0 saturated carbocycles. The maximum atomic E-state index is 11.5. The number of hydrogen-bond acceptors (Lipinski definition) is 3. The smallest absolute Gasteiger partial charge is 0.252 e. The molecule has 0 spiro atoms. The van der Waals surface area contributed by atoms with Crippen molar-refractivity contribution in [3.05, 3.63) is 42.2 Å². The molecule has 5 heteroatoms.